The van der Waals surface area contributed by atoms with Crippen molar-refractivity contribution in [2.75, 3.05) is 13.1 Å². The monoisotopic (exact) mass is 476 g/mol. The second kappa shape index (κ2) is 9.19. The van der Waals surface area contributed by atoms with Crippen LogP contribution in [0.4, 0.5) is 4.39 Å². The maximum Gasteiger partial charge on any atom is 0.286 e. The number of hydrogen-bond donors (Lipinski definition) is 0. The van der Waals surface area contributed by atoms with E-state index in [1.54, 1.807) is 23.7 Å². The van der Waals surface area contributed by atoms with Crippen molar-refractivity contribution in [3.63, 3.8) is 0 Å². The molecule has 0 unspecified atom stereocenters. The SMILES string of the molecule is Cc1ccc(-c2nn(-c3ccccc3)cc2/C=C2\SC(N3C[C@@H](C)O[C@H](C)C3)=NC2=O)cc1F. The highest BCUT2D eigenvalue weighted by Gasteiger charge is 2.31. The van der Waals surface area contributed by atoms with Gasteiger partial charge in [-0.05, 0) is 62.4 Å². The summed E-state index contributed by atoms with van der Waals surface area (Å²) in [6, 6.07) is 14.8. The lowest BCUT2D eigenvalue weighted by atomic mass is 10.1. The minimum Gasteiger partial charge on any atom is -0.372 e. The Hall–Kier alpha value is -3.23. The summed E-state index contributed by atoms with van der Waals surface area (Å²) in [6.07, 6.45) is 3.81. The number of amidine groups is 1. The largest absolute Gasteiger partial charge is 0.372 e. The molecule has 1 amide bonds. The van der Waals surface area contributed by atoms with Crippen LogP contribution in [0, 0.1) is 12.7 Å². The van der Waals surface area contributed by atoms with E-state index in [0.29, 0.717) is 40.0 Å². The van der Waals surface area contributed by atoms with E-state index >= 15 is 0 Å². The van der Waals surface area contributed by atoms with Gasteiger partial charge in [0.2, 0.25) is 0 Å². The van der Waals surface area contributed by atoms with Crippen LogP contribution in [0.2, 0.25) is 0 Å². The number of rotatable bonds is 3. The van der Waals surface area contributed by atoms with Crippen LogP contribution in [0.5, 0.6) is 0 Å². The lowest BCUT2D eigenvalue weighted by Gasteiger charge is -2.35. The molecule has 3 heterocycles. The minimum atomic E-state index is -0.294. The summed E-state index contributed by atoms with van der Waals surface area (Å²) >= 11 is 1.36. The number of halogens is 1. The molecule has 2 aliphatic heterocycles. The Morgan fingerprint density at radius 2 is 1.85 bits per heavy atom. The lowest BCUT2D eigenvalue weighted by Crippen LogP contribution is -2.47. The van der Waals surface area contributed by atoms with Crippen molar-refractivity contribution in [2.45, 2.75) is 33.0 Å². The third-order valence-corrected chi connectivity index (χ3v) is 6.84. The average molecular weight is 477 g/mol. The highest BCUT2D eigenvalue weighted by atomic mass is 32.2. The Bertz CT molecular complexity index is 1290. The molecular weight excluding hydrogens is 451 g/mol. The number of ether oxygens (including phenoxy) is 1. The zero-order valence-electron chi connectivity index (χ0n) is 19.2. The molecule has 6 nitrogen and oxygen atoms in total. The normalized spacial score (nSPS) is 21.9. The zero-order valence-corrected chi connectivity index (χ0v) is 20.1. The van der Waals surface area contributed by atoms with E-state index < -0.39 is 0 Å². The van der Waals surface area contributed by atoms with Gasteiger partial charge >= 0.3 is 0 Å². The molecule has 34 heavy (non-hydrogen) atoms. The molecule has 0 N–H and O–H groups in total. The summed E-state index contributed by atoms with van der Waals surface area (Å²) in [7, 11) is 0. The molecule has 0 radical (unpaired) electrons. The molecule has 1 fully saturated rings. The van der Waals surface area contributed by atoms with E-state index in [-0.39, 0.29) is 23.9 Å². The summed E-state index contributed by atoms with van der Waals surface area (Å²) in [4.78, 5) is 19.7. The first-order valence-corrected chi connectivity index (χ1v) is 12.0. The van der Waals surface area contributed by atoms with Crippen LogP contribution in [0.3, 0.4) is 0 Å². The van der Waals surface area contributed by atoms with Gasteiger partial charge in [0.25, 0.3) is 5.91 Å². The quantitative estimate of drug-likeness (QED) is 0.494. The average Bonchev–Trinajstić information content (AvgIpc) is 3.40. The molecule has 174 valence electrons. The maximum atomic E-state index is 14.4. The van der Waals surface area contributed by atoms with Crippen molar-refractivity contribution in [3.8, 4) is 16.9 Å². The fraction of sp³-hybridized carbons (Fsp3) is 0.269. The Labute approximate surface area is 202 Å². The van der Waals surface area contributed by atoms with Crippen LogP contribution in [0.15, 0.2) is 64.6 Å². The van der Waals surface area contributed by atoms with Gasteiger partial charge in [0.15, 0.2) is 5.17 Å². The van der Waals surface area contributed by atoms with Crippen molar-refractivity contribution >= 4 is 28.9 Å². The number of hydrogen-bond acceptors (Lipinski definition) is 5. The van der Waals surface area contributed by atoms with Crippen LogP contribution >= 0.6 is 11.8 Å². The Morgan fingerprint density at radius 1 is 1.12 bits per heavy atom. The molecule has 1 saturated heterocycles. The fourth-order valence-electron chi connectivity index (χ4n) is 4.18. The van der Waals surface area contributed by atoms with E-state index in [1.165, 1.54) is 17.8 Å². The lowest BCUT2D eigenvalue weighted by molar-refractivity contribution is -0.113. The van der Waals surface area contributed by atoms with Gasteiger partial charge in [-0.2, -0.15) is 10.1 Å². The number of nitrogens with zero attached hydrogens (tertiary/aromatic N) is 4. The number of morpholine rings is 1. The van der Waals surface area contributed by atoms with E-state index in [9.17, 15) is 9.18 Å². The maximum absolute atomic E-state index is 14.4. The zero-order chi connectivity index (χ0) is 23.8. The number of aliphatic imine (C=N–C) groups is 1. The van der Waals surface area contributed by atoms with Gasteiger partial charge in [0.05, 0.1) is 22.8 Å². The Morgan fingerprint density at radius 3 is 2.56 bits per heavy atom. The van der Waals surface area contributed by atoms with E-state index in [2.05, 4.69) is 9.89 Å². The van der Waals surface area contributed by atoms with Crippen molar-refractivity contribution < 1.29 is 13.9 Å². The first-order valence-electron chi connectivity index (χ1n) is 11.2. The van der Waals surface area contributed by atoms with Crippen LogP contribution in [-0.2, 0) is 9.53 Å². The number of carbonyl (C=O) groups is 1. The molecule has 2 aromatic carbocycles. The van der Waals surface area contributed by atoms with E-state index in [1.807, 2.05) is 56.4 Å². The van der Waals surface area contributed by atoms with Gasteiger partial charge in [-0.25, -0.2) is 9.07 Å². The summed E-state index contributed by atoms with van der Waals surface area (Å²) in [5, 5.41) is 5.43. The molecular formula is C26H25FN4O2S. The fourth-order valence-corrected chi connectivity index (χ4v) is 5.10. The predicted octanol–water partition coefficient (Wildman–Crippen LogP) is 5.07. The van der Waals surface area contributed by atoms with Gasteiger partial charge in [-0.15, -0.1) is 0 Å². The molecule has 8 heteroatoms. The summed E-state index contributed by atoms with van der Waals surface area (Å²) in [5.41, 5.74) is 3.42. The second-order valence-electron chi connectivity index (χ2n) is 8.65. The molecule has 0 saturated carbocycles. The number of benzene rings is 2. The number of carbonyl (C=O) groups excluding carboxylic acids is 1. The minimum absolute atomic E-state index is 0.0716. The van der Waals surface area contributed by atoms with Gasteiger partial charge in [0.1, 0.15) is 11.5 Å². The summed E-state index contributed by atoms with van der Waals surface area (Å²) in [5.74, 6) is -0.571. The standard InChI is InChI=1S/C26H25FN4O2S/c1-16-9-10-19(11-22(16)27)24-20(15-31(29-24)21-7-5-4-6-8-21)12-23-25(32)28-26(34-23)30-13-17(2)33-18(3)14-30/h4-12,15,17-18H,13-14H2,1-3H3/b23-12-/t17-,18-/m1/s1. The highest BCUT2D eigenvalue weighted by molar-refractivity contribution is 8.18. The van der Waals surface area contributed by atoms with Crippen LogP contribution in [0.1, 0.15) is 25.0 Å². The highest BCUT2D eigenvalue weighted by Crippen LogP contribution is 2.34. The van der Waals surface area contributed by atoms with Crippen molar-refractivity contribution in [1.29, 1.82) is 0 Å². The first kappa shape index (κ1) is 22.6. The molecule has 0 aliphatic carbocycles. The molecule has 0 spiro atoms. The van der Waals surface area contributed by atoms with E-state index in [0.717, 1.165) is 11.3 Å². The molecule has 0 bridgehead atoms. The van der Waals surface area contributed by atoms with Gasteiger partial charge in [-0.3, -0.25) is 4.79 Å². The molecule has 1 aromatic heterocycles. The van der Waals surface area contributed by atoms with Crippen LogP contribution in [-0.4, -0.2) is 51.1 Å². The van der Waals surface area contributed by atoms with Crippen LogP contribution in [0.25, 0.3) is 23.0 Å². The summed E-state index contributed by atoms with van der Waals surface area (Å²) in [6.45, 7) is 7.15. The number of amides is 1. The topological polar surface area (TPSA) is 59.7 Å². The molecule has 3 aromatic rings. The van der Waals surface area contributed by atoms with Crippen molar-refractivity contribution in [2.24, 2.45) is 4.99 Å². The number of aromatic nitrogens is 2. The number of thioether (sulfide) groups is 1. The second-order valence-corrected chi connectivity index (χ2v) is 9.66. The van der Waals surface area contributed by atoms with Gasteiger partial charge in [-0.1, -0.05) is 30.3 Å². The predicted molar refractivity (Wildman–Crippen MR) is 133 cm³/mol. The van der Waals surface area contributed by atoms with E-state index in [4.69, 9.17) is 9.84 Å². The molecule has 5 rings (SSSR count). The van der Waals surface area contributed by atoms with Crippen molar-refractivity contribution in [3.05, 3.63) is 76.6 Å². The van der Waals surface area contributed by atoms with Gasteiger partial charge in [0, 0.05) is 30.4 Å². The molecule has 2 atom stereocenters. The number of para-hydroxylation sites is 1. The van der Waals surface area contributed by atoms with Crippen LogP contribution < -0.4 is 0 Å². The van der Waals surface area contributed by atoms with Gasteiger partial charge < -0.3 is 9.64 Å². The third kappa shape index (κ3) is 4.56. The Balaban J connectivity index is 1.51. The van der Waals surface area contributed by atoms with Crippen molar-refractivity contribution in [1.82, 2.24) is 14.7 Å². The first-order chi connectivity index (χ1) is 16.4. The smallest absolute Gasteiger partial charge is 0.286 e. The Kier molecular flexibility index (Phi) is 6.10. The number of aryl methyl sites for hydroxylation is 1. The molecule has 2 aliphatic rings. The summed E-state index contributed by atoms with van der Waals surface area (Å²) < 4.78 is 21.9. The third-order valence-electron chi connectivity index (χ3n) is 5.79.